The van der Waals surface area contributed by atoms with Crippen LogP contribution in [0.2, 0.25) is 0 Å². The molecule has 0 saturated heterocycles. The van der Waals surface area contributed by atoms with Crippen LogP contribution in [-0.2, 0) is 0 Å². The topological polar surface area (TPSA) is 34.0 Å². The fourth-order valence-corrected chi connectivity index (χ4v) is 3.48. The van der Waals surface area contributed by atoms with Crippen molar-refractivity contribution in [2.45, 2.75) is 32.0 Å². The van der Waals surface area contributed by atoms with E-state index < -0.39 is 36.7 Å². The summed E-state index contributed by atoms with van der Waals surface area (Å²) in [7, 11) is 0. The molecule has 164 valence electrons. The Morgan fingerprint density at radius 3 is 2.26 bits per heavy atom. The zero-order valence-corrected chi connectivity index (χ0v) is 16.7. The molecular formula is C23H21F5N2O. The minimum Gasteiger partial charge on any atom is -0.352 e. The van der Waals surface area contributed by atoms with Gasteiger partial charge < -0.3 is 9.88 Å². The molecule has 0 radical (unpaired) electrons. The summed E-state index contributed by atoms with van der Waals surface area (Å²) < 4.78 is 66.6. The van der Waals surface area contributed by atoms with Crippen molar-refractivity contribution in [1.82, 2.24) is 9.88 Å². The van der Waals surface area contributed by atoms with Crippen LogP contribution in [-0.4, -0.2) is 23.2 Å². The first kappa shape index (κ1) is 22.5. The fraction of sp³-hybridized carbons (Fsp3) is 0.261. The lowest BCUT2D eigenvalue weighted by Crippen LogP contribution is -2.27. The average molecular weight is 436 g/mol. The van der Waals surface area contributed by atoms with Gasteiger partial charge in [-0.25, -0.2) is 8.78 Å². The van der Waals surface area contributed by atoms with Crippen LogP contribution in [0.1, 0.15) is 41.7 Å². The number of hydrogen-bond acceptors (Lipinski definition) is 1. The van der Waals surface area contributed by atoms with Crippen molar-refractivity contribution in [2.24, 2.45) is 0 Å². The molecule has 0 aliphatic heterocycles. The average Bonchev–Trinajstić information content (AvgIpc) is 3.13. The Morgan fingerprint density at radius 2 is 1.68 bits per heavy atom. The van der Waals surface area contributed by atoms with Gasteiger partial charge in [-0.1, -0.05) is 37.3 Å². The second-order valence-corrected chi connectivity index (χ2v) is 7.14. The van der Waals surface area contributed by atoms with E-state index in [1.54, 1.807) is 4.57 Å². The molecule has 0 fully saturated rings. The highest BCUT2D eigenvalue weighted by Gasteiger charge is 2.27. The maximum atomic E-state index is 13.9. The van der Waals surface area contributed by atoms with Crippen LogP contribution in [0.15, 0.2) is 60.8 Å². The van der Waals surface area contributed by atoms with Crippen molar-refractivity contribution in [3.63, 3.8) is 0 Å². The van der Waals surface area contributed by atoms with Crippen LogP contribution in [0.25, 0.3) is 11.3 Å². The number of carbonyl (C=O) groups excluding carboxylic acids is 1. The smallest absolute Gasteiger partial charge is 0.352 e. The Labute approximate surface area is 176 Å². The van der Waals surface area contributed by atoms with E-state index in [-0.39, 0.29) is 17.2 Å². The summed E-state index contributed by atoms with van der Waals surface area (Å²) in [5, 5.41) is 2.25. The Bertz CT molecular complexity index is 1020. The molecule has 2 aromatic carbocycles. The van der Waals surface area contributed by atoms with Gasteiger partial charge in [-0.2, -0.15) is 13.2 Å². The summed E-state index contributed by atoms with van der Waals surface area (Å²) in [5.74, 6) is -2.23. The third-order valence-electron chi connectivity index (χ3n) is 4.87. The van der Waals surface area contributed by atoms with Crippen molar-refractivity contribution in [2.75, 3.05) is 6.54 Å². The molecule has 0 spiro atoms. The highest BCUT2D eigenvalue weighted by Crippen LogP contribution is 2.32. The predicted molar refractivity (Wildman–Crippen MR) is 108 cm³/mol. The minimum absolute atomic E-state index is 0.108. The second kappa shape index (κ2) is 9.32. The van der Waals surface area contributed by atoms with Gasteiger partial charge in [0.1, 0.15) is 11.6 Å². The first-order valence-electron chi connectivity index (χ1n) is 9.76. The lowest BCUT2D eigenvalue weighted by Gasteiger charge is -2.21. The number of carbonyl (C=O) groups is 1. The monoisotopic (exact) mass is 436 g/mol. The van der Waals surface area contributed by atoms with Gasteiger partial charge in [0.05, 0.1) is 18.0 Å². The van der Waals surface area contributed by atoms with E-state index in [1.165, 1.54) is 12.3 Å². The second-order valence-electron chi connectivity index (χ2n) is 7.14. The molecular weight excluding hydrogens is 415 g/mol. The molecule has 8 heteroatoms. The van der Waals surface area contributed by atoms with Crippen LogP contribution in [0, 0.1) is 11.6 Å². The van der Waals surface area contributed by atoms with Crippen LogP contribution in [0.3, 0.4) is 0 Å². The summed E-state index contributed by atoms with van der Waals surface area (Å²) in [6.45, 7) is 1.37. The number of aromatic nitrogens is 1. The van der Waals surface area contributed by atoms with Gasteiger partial charge in [0, 0.05) is 30.1 Å². The molecule has 1 heterocycles. The molecule has 31 heavy (non-hydrogen) atoms. The SMILES string of the molecule is CCC(c1ccccc1)n1cc(C(=O)NCCC(F)(F)F)cc1-c1cc(F)cc(F)c1. The molecule has 0 aliphatic carbocycles. The van der Waals surface area contributed by atoms with E-state index in [0.717, 1.165) is 23.8 Å². The molecule has 3 rings (SSSR count). The normalized spacial score (nSPS) is 12.6. The van der Waals surface area contributed by atoms with Crippen LogP contribution < -0.4 is 5.32 Å². The summed E-state index contributed by atoms with van der Waals surface area (Å²) in [6.07, 6.45) is -3.42. The van der Waals surface area contributed by atoms with Gasteiger partial charge >= 0.3 is 6.18 Å². The highest BCUT2D eigenvalue weighted by atomic mass is 19.4. The van der Waals surface area contributed by atoms with Crippen molar-refractivity contribution in [1.29, 1.82) is 0 Å². The van der Waals surface area contributed by atoms with E-state index in [0.29, 0.717) is 12.1 Å². The lowest BCUT2D eigenvalue weighted by molar-refractivity contribution is -0.132. The number of halogens is 5. The third-order valence-corrected chi connectivity index (χ3v) is 4.87. The zero-order chi connectivity index (χ0) is 22.6. The van der Waals surface area contributed by atoms with Gasteiger partial charge in [-0.15, -0.1) is 0 Å². The van der Waals surface area contributed by atoms with Gasteiger partial charge in [0.25, 0.3) is 5.91 Å². The third kappa shape index (κ3) is 5.71. The van der Waals surface area contributed by atoms with Gasteiger partial charge in [-0.3, -0.25) is 4.79 Å². The van der Waals surface area contributed by atoms with E-state index in [9.17, 15) is 26.7 Å². The number of benzene rings is 2. The summed E-state index contributed by atoms with van der Waals surface area (Å²) >= 11 is 0. The van der Waals surface area contributed by atoms with Crippen molar-refractivity contribution in [3.05, 3.63) is 83.6 Å². The Balaban J connectivity index is 2.02. The fourth-order valence-electron chi connectivity index (χ4n) is 3.48. The number of nitrogens with one attached hydrogen (secondary N) is 1. The number of alkyl halides is 3. The maximum absolute atomic E-state index is 13.9. The first-order valence-corrected chi connectivity index (χ1v) is 9.76. The van der Waals surface area contributed by atoms with Crippen LogP contribution >= 0.6 is 0 Å². The van der Waals surface area contributed by atoms with Crippen molar-refractivity contribution in [3.8, 4) is 11.3 Å². The minimum atomic E-state index is -4.38. The van der Waals surface area contributed by atoms with Crippen LogP contribution in [0.4, 0.5) is 22.0 Å². The number of rotatable bonds is 7. The maximum Gasteiger partial charge on any atom is 0.390 e. The van der Waals surface area contributed by atoms with E-state index in [2.05, 4.69) is 5.32 Å². The van der Waals surface area contributed by atoms with E-state index in [4.69, 9.17) is 0 Å². The Hall–Kier alpha value is -3.16. The number of hydrogen-bond donors (Lipinski definition) is 1. The zero-order valence-electron chi connectivity index (χ0n) is 16.7. The first-order chi connectivity index (χ1) is 14.7. The quantitative estimate of drug-likeness (QED) is 0.445. The van der Waals surface area contributed by atoms with Crippen molar-refractivity contribution < 1.29 is 26.7 Å². The molecule has 1 N–H and O–H groups in total. The molecule has 1 unspecified atom stereocenters. The number of amides is 1. The van der Waals surface area contributed by atoms with Crippen molar-refractivity contribution >= 4 is 5.91 Å². The molecule has 0 bridgehead atoms. The van der Waals surface area contributed by atoms with E-state index in [1.807, 2.05) is 37.3 Å². The molecule has 1 aromatic heterocycles. The van der Waals surface area contributed by atoms with Gasteiger partial charge in [0.15, 0.2) is 0 Å². The summed E-state index contributed by atoms with van der Waals surface area (Å²) in [6, 6.07) is 13.6. The standard InChI is InChI=1S/C23H21F5N2O/c1-2-20(15-6-4-3-5-7-15)30-14-17(22(31)29-9-8-23(26,27)28)12-21(30)16-10-18(24)13-19(25)11-16/h3-7,10-14,20H,2,8-9H2,1H3,(H,29,31). The largest absolute Gasteiger partial charge is 0.390 e. The summed E-state index contributed by atoms with van der Waals surface area (Å²) in [5.41, 5.74) is 1.63. The molecule has 1 atom stereocenters. The van der Waals surface area contributed by atoms with E-state index >= 15 is 0 Å². The van der Waals surface area contributed by atoms with Crippen LogP contribution in [0.5, 0.6) is 0 Å². The molecule has 3 aromatic rings. The molecule has 0 aliphatic rings. The molecule has 0 saturated carbocycles. The molecule has 1 amide bonds. The Morgan fingerprint density at radius 1 is 1.03 bits per heavy atom. The Kier molecular flexibility index (Phi) is 6.77. The lowest BCUT2D eigenvalue weighted by atomic mass is 10.0. The van der Waals surface area contributed by atoms with Gasteiger partial charge in [0.2, 0.25) is 0 Å². The van der Waals surface area contributed by atoms with Gasteiger partial charge in [-0.05, 0) is 30.2 Å². The summed E-state index contributed by atoms with van der Waals surface area (Å²) in [4.78, 5) is 12.5. The molecule has 3 nitrogen and oxygen atoms in total. The predicted octanol–water partition coefficient (Wildman–Crippen LogP) is 6.11. The highest BCUT2D eigenvalue weighted by molar-refractivity contribution is 5.95. The number of nitrogens with zero attached hydrogens (tertiary/aromatic N) is 1.